The fourth-order valence-electron chi connectivity index (χ4n) is 0.700. The summed E-state index contributed by atoms with van der Waals surface area (Å²) in [7, 11) is 0. The summed E-state index contributed by atoms with van der Waals surface area (Å²) in [6, 6.07) is -0.224. The lowest BCUT2D eigenvalue weighted by Crippen LogP contribution is -2.05. The number of hydrogen-bond donors (Lipinski definition) is 1. The molecule has 0 saturated heterocycles. The first-order chi connectivity index (χ1) is 5.41. The van der Waals surface area contributed by atoms with Gasteiger partial charge in [0.05, 0.1) is 0 Å². The highest BCUT2D eigenvalue weighted by molar-refractivity contribution is 7.11. The minimum absolute atomic E-state index is 0.171. The predicted molar refractivity (Wildman–Crippen MR) is 44.3 cm³/mol. The van der Waals surface area contributed by atoms with E-state index in [1.807, 2.05) is 0 Å². The van der Waals surface area contributed by atoms with Crippen LogP contribution < -0.4 is 5.73 Å². The van der Waals surface area contributed by atoms with E-state index in [4.69, 9.17) is 5.73 Å². The van der Waals surface area contributed by atoms with Crippen LogP contribution in [0.2, 0.25) is 0 Å². The first-order valence-corrected chi connectivity index (χ1v) is 4.32. The molecule has 1 heterocycles. The third-order valence-electron chi connectivity index (χ3n) is 1.35. The van der Waals surface area contributed by atoms with Crippen LogP contribution in [0.1, 0.15) is 29.8 Å². The monoisotopic (exact) mass is 192 g/mol. The Hall–Kier alpha value is -0.550. The molecule has 1 rings (SSSR count). The summed E-state index contributed by atoms with van der Waals surface area (Å²) in [5.41, 5.74) is 5.50. The second-order valence-electron chi connectivity index (χ2n) is 2.74. The van der Waals surface area contributed by atoms with Gasteiger partial charge >= 0.3 is 0 Å². The maximum absolute atomic E-state index is 12.6. The van der Waals surface area contributed by atoms with Crippen molar-refractivity contribution >= 4 is 11.3 Å². The first-order valence-electron chi connectivity index (χ1n) is 3.51. The molecular formula is C7H10F2N2S. The van der Waals surface area contributed by atoms with Crippen molar-refractivity contribution < 1.29 is 8.78 Å². The van der Waals surface area contributed by atoms with E-state index >= 15 is 0 Å². The lowest BCUT2D eigenvalue weighted by Gasteiger charge is -2.04. The van der Waals surface area contributed by atoms with Gasteiger partial charge in [-0.2, -0.15) is 8.78 Å². The lowest BCUT2D eigenvalue weighted by molar-refractivity contribution is 0.0172. The fraction of sp³-hybridized carbons (Fsp3) is 0.571. The van der Waals surface area contributed by atoms with E-state index in [0.717, 1.165) is 18.3 Å². The van der Waals surface area contributed by atoms with Gasteiger partial charge in [0.15, 0.2) is 5.01 Å². The summed E-state index contributed by atoms with van der Waals surface area (Å²) in [6.45, 7) is 2.57. The zero-order chi connectivity index (χ0) is 9.35. The van der Waals surface area contributed by atoms with Gasteiger partial charge in [0, 0.05) is 24.0 Å². The van der Waals surface area contributed by atoms with Crippen LogP contribution in [0.25, 0.3) is 0 Å². The van der Waals surface area contributed by atoms with Crippen molar-refractivity contribution in [1.29, 1.82) is 0 Å². The Morgan fingerprint density at radius 3 is 2.50 bits per heavy atom. The highest BCUT2D eigenvalue weighted by atomic mass is 32.1. The van der Waals surface area contributed by atoms with Crippen molar-refractivity contribution in [2.45, 2.75) is 25.8 Å². The molecule has 0 amide bonds. The molecule has 0 bridgehead atoms. The van der Waals surface area contributed by atoms with E-state index in [1.54, 1.807) is 6.92 Å². The van der Waals surface area contributed by atoms with Crippen molar-refractivity contribution in [3.05, 3.63) is 16.1 Å². The first kappa shape index (κ1) is 9.54. The van der Waals surface area contributed by atoms with Gasteiger partial charge < -0.3 is 5.73 Å². The molecule has 12 heavy (non-hydrogen) atoms. The summed E-state index contributed by atoms with van der Waals surface area (Å²) in [6.07, 6.45) is 1.40. The number of hydrogen-bond acceptors (Lipinski definition) is 3. The molecule has 2 N–H and O–H groups in total. The van der Waals surface area contributed by atoms with Crippen LogP contribution in [0.4, 0.5) is 8.78 Å². The molecule has 1 aromatic heterocycles. The Bertz CT molecular complexity index is 265. The average Bonchev–Trinajstić information content (AvgIpc) is 2.30. The van der Waals surface area contributed by atoms with Crippen LogP contribution in [0.3, 0.4) is 0 Å². The third kappa shape index (κ3) is 1.98. The normalized spacial score (nSPS) is 14.8. The summed E-state index contributed by atoms with van der Waals surface area (Å²) >= 11 is 0.962. The molecule has 5 heteroatoms. The van der Waals surface area contributed by atoms with Gasteiger partial charge in [-0.3, -0.25) is 0 Å². The Labute approximate surface area is 73.4 Å². The number of thiazole rings is 1. The summed E-state index contributed by atoms with van der Waals surface area (Å²) in [5.74, 6) is -2.85. The third-order valence-corrected chi connectivity index (χ3v) is 2.72. The molecule has 2 nitrogen and oxygen atoms in total. The van der Waals surface area contributed by atoms with Gasteiger partial charge in [-0.05, 0) is 6.92 Å². The van der Waals surface area contributed by atoms with Crippen LogP contribution in [0.5, 0.6) is 0 Å². The molecule has 0 aliphatic heterocycles. The molecule has 68 valence electrons. The molecule has 0 saturated carbocycles. The molecule has 0 aliphatic rings. The summed E-state index contributed by atoms with van der Waals surface area (Å²) in [4.78, 5) is 4.28. The zero-order valence-corrected chi connectivity index (χ0v) is 7.66. The highest BCUT2D eigenvalue weighted by Crippen LogP contribution is 2.31. The Morgan fingerprint density at radius 2 is 2.25 bits per heavy atom. The van der Waals surface area contributed by atoms with Crippen LogP contribution in [-0.2, 0) is 5.92 Å². The zero-order valence-electron chi connectivity index (χ0n) is 6.84. The van der Waals surface area contributed by atoms with E-state index in [1.165, 1.54) is 6.20 Å². The van der Waals surface area contributed by atoms with Crippen molar-refractivity contribution in [3.8, 4) is 0 Å². The molecule has 0 fully saturated rings. The molecule has 0 aliphatic carbocycles. The standard InChI is InChI=1S/C7H10F2N2S/c1-4(10)5-3-11-6(12-5)7(2,8)9/h3-4H,10H2,1-2H3. The topological polar surface area (TPSA) is 38.9 Å². The molecule has 0 radical (unpaired) electrons. The fourth-order valence-corrected chi connectivity index (χ4v) is 1.50. The van der Waals surface area contributed by atoms with Gasteiger partial charge in [-0.1, -0.05) is 0 Å². The van der Waals surface area contributed by atoms with Crippen LogP contribution in [0.15, 0.2) is 6.20 Å². The molecule has 1 atom stereocenters. The maximum atomic E-state index is 12.6. The maximum Gasteiger partial charge on any atom is 0.296 e. The quantitative estimate of drug-likeness (QED) is 0.780. The van der Waals surface area contributed by atoms with Crippen molar-refractivity contribution in [2.24, 2.45) is 5.73 Å². The van der Waals surface area contributed by atoms with E-state index in [2.05, 4.69) is 4.98 Å². The second kappa shape index (κ2) is 3.06. The predicted octanol–water partition coefficient (Wildman–Crippen LogP) is 2.27. The van der Waals surface area contributed by atoms with Gasteiger partial charge in [-0.15, -0.1) is 11.3 Å². The van der Waals surface area contributed by atoms with Crippen molar-refractivity contribution in [1.82, 2.24) is 4.98 Å². The molecule has 1 aromatic rings. The number of alkyl halides is 2. The van der Waals surface area contributed by atoms with Crippen molar-refractivity contribution in [2.75, 3.05) is 0 Å². The lowest BCUT2D eigenvalue weighted by atomic mass is 10.3. The van der Waals surface area contributed by atoms with Crippen LogP contribution in [0, 0.1) is 0 Å². The molecule has 1 unspecified atom stereocenters. The number of aromatic nitrogens is 1. The molecule has 0 aromatic carbocycles. The second-order valence-corrected chi connectivity index (χ2v) is 3.81. The molecular weight excluding hydrogens is 182 g/mol. The van der Waals surface area contributed by atoms with Crippen molar-refractivity contribution in [3.63, 3.8) is 0 Å². The highest BCUT2D eigenvalue weighted by Gasteiger charge is 2.28. The number of rotatable bonds is 2. The largest absolute Gasteiger partial charge is 0.323 e. The van der Waals surface area contributed by atoms with E-state index in [9.17, 15) is 8.78 Å². The van der Waals surface area contributed by atoms with Gasteiger partial charge in [-0.25, -0.2) is 4.98 Å². The molecule has 0 spiro atoms. The van der Waals surface area contributed by atoms with Crippen LogP contribution in [-0.4, -0.2) is 4.98 Å². The summed E-state index contributed by atoms with van der Waals surface area (Å²) in [5, 5.41) is -0.171. The van der Waals surface area contributed by atoms with E-state index in [-0.39, 0.29) is 11.0 Å². The summed E-state index contributed by atoms with van der Waals surface area (Å²) < 4.78 is 25.3. The van der Waals surface area contributed by atoms with Gasteiger partial charge in [0.1, 0.15) is 0 Å². The van der Waals surface area contributed by atoms with Gasteiger partial charge in [0.25, 0.3) is 5.92 Å². The SMILES string of the molecule is CC(N)c1cnc(C(C)(F)F)s1. The minimum Gasteiger partial charge on any atom is -0.323 e. The Kier molecular flexibility index (Phi) is 2.44. The van der Waals surface area contributed by atoms with E-state index in [0.29, 0.717) is 4.88 Å². The smallest absolute Gasteiger partial charge is 0.296 e. The van der Waals surface area contributed by atoms with E-state index < -0.39 is 5.92 Å². The van der Waals surface area contributed by atoms with Crippen LogP contribution >= 0.6 is 11.3 Å². The number of nitrogens with two attached hydrogens (primary N) is 1. The van der Waals surface area contributed by atoms with Gasteiger partial charge in [0.2, 0.25) is 0 Å². The number of nitrogens with zero attached hydrogens (tertiary/aromatic N) is 1. The average molecular weight is 192 g/mol. The minimum atomic E-state index is -2.85. The Morgan fingerprint density at radius 1 is 1.67 bits per heavy atom. The Balaban J connectivity index is 2.92. The number of halogens is 2.